The summed E-state index contributed by atoms with van der Waals surface area (Å²) in [6.45, 7) is 1.46. The van der Waals surface area contributed by atoms with E-state index in [0.717, 1.165) is 22.4 Å². The third-order valence-corrected chi connectivity index (χ3v) is 4.13. The number of hydrogen-bond donors (Lipinski definition) is 1. The van der Waals surface area contributed by atoms with Crippen LogP contribution in [0.1, 0.15) is 6.92 Å². The van der Waals surface area contributed by atoms with Gasteiger partial charge in [-0.1, -0.05) is 12.1 Å². The van der Waals surface area contributed by atoms with Gasteiger partial charge in [0.2, 0.25) is 11.8 Å². The summed E-state index contributed by atoms with van der Waals surface area (Å²) in [7, 11) is 3.58. The SMILES string of the molecule is CC(=O)N(C)CC(=O)Nc1ccc(-c2nc3ccccc3n2C)cc1. The Hall–Kier alpha value is -3.15. The molecule has 3 aromatic rings. The lowest BCUT2D eigenvalue weighted by molar-refractivity contribution is -0.131. The lowest BCUT2D eigenvalue weighted by Crippen LogP contribution is -2.33. The summed E-state index contributed by atoms with van der Waals surface area (Å²) in [4.78, 5) is 29.1. The molecule has 0 atom stereocenters. The van der Waals surface area contributed by atoms with Crippen LogP contribution in [-0.4, -0.2) is 39.9 Å². The van der Waals surface area contributed by atoms with Gasteiger partial charge in [-0.25, -0.2) is 4.98 Å². The molecule has 3 rings (SSSR count). The van der Waals surface area contributed by atoms with E-state index in [1.165, 1.54) is 11.8 Å². The Bertz CT molecular complexity index is 928. The number of para-hydroxylation sites is 2. The van der Waals surface area contributed by atoms with Crippen molar-refractivity contribution in [1.29, 1.82) is 0 Å². The number of carbonyl (C=O) groups excluding carboxylic acids is 2. The summed E-state index contributed by atoms with van der Waals surface area (Å²) in [5.41, 5.74) is 3.67. The molecule has 0 aliphatic heterocycles. The molecule has 0 aliphatic rings. The van der Waals surface area contributed by atoms with Gasteiger partial charge in [-0.05, 0) is 36.4 Å². The van der Waals surface area contributed by atoms with E-state index in [1.807, 2.05) is 60.1 Å². The quantitative estimate of drug-likeness (QED) is 0.796. The fraction of sp³-hybridized carbons (Fsp3) is 0.211. The molecule has 1 heterocycles. The number of rotatable bonds is 4. The highest BCUT2D eigenvalue weighted by atomic mass is 16.2. The van der Waals surface area contributed by atoms with Gasteiger partial charge in [-0.3, -0.25) is 9.59 Å². The molecule has 0 radical (unpaired) electrons. The van der Waals surface area contributed by atoms with Gasteiger partial charge in [0.15, 0.2) is 0 Å². The van der Waals surface area contributed by atoms with Crippen molar-refractivity contribution < 1.29 is 9.59 Å². The summed E-state index contributed by atoms with van der Waals surface area (Å²) < 4.78 is 2.05. The normalized spacial score (nSPS) is 10.7. The van der Waals surface area contributed by atoms with Gasteiger partial charge in [0.25, 0.3) is 0 Å². The maximum Gasteiger partial charge on any atom is 0.243 e. The van der Waals surface area contributed by atoms with Crippen molar-refractivity contribution in [2.45, 2.75) is 6.92 Å². The van der Waals surface area contributed by atoms with Crippen LogP contribution in [0.5, 0.6) is 0 Å². The fourth-order valence-corrected chi connectivity index (χ4v) is 2.63. The van der Waals surface area contributed by atoms with Crippen LogP contribution >= 0.6 is 0 Å². The van der Waals surface area contributed by atoms with Crippen LogP contribution in [0.3, 0.4) is 0 Å². The maximum atomic E-state index is 11.9. The molecule has 1 N–H and O–H groups in total. The average Bonchev–Trinajstić information content (AvgIpc) is 2.92. The second-order valence-corrected chi connectivity index (χ2v) is 5.98. The van der Waals surface area contributed by atoms with Crippen LogP contribution in [0, 0.1) is 0 Å². The zero-order chi connectivity index (χ0) is 18.0. The minimum atomic E-state index is -0.229. The number of amides is 2. The molecule has 6 nitrogen and oxygen atoms in total. The summed E-state index contributed by atoms with van der Waals surface area (Å²) in [5, 5.41) is 2.79. The van der Waals surface area contributed by atoms with E-state index in [4.69, 9.17) is 0 Å². The lowest BCUT2D eigenvalue weighted by atomic mass is 10.2. The number of benzene rings is 2. The molecule has 2 amide bonds. The van der Waals surface area contributed by atoms with Crippen molar-refractivity contribution in [3.63, 3.8) is 0 Å². The average molecular weight is 336 g/mol. The van der Waals surface area contributed by atoms with Gasteiger partial charge in [-0.15, -0.1) is 0 Å². The Morgan fingerprint density at radius 1 is 1.12 bits per heavy atom. The zero-order valence-electron chi connectivity index (χ0n) is 14.5. The van der Waals surface area contributed by atoms with Gasteiger partial charge in [0.05, 0.1) is 17.6 Å². The third kappa shape index (κ3) is 3.52. The van der Waals surface area contributed by atoms with Crippen molar-refractivity contribution in [2.75, 3.05) is 18.9 Å². The smallest absolute Gasteiger partial charge is 0.243 e. The predicted octanol–water partition coefficient (Wildman–Crippen LogP) is 2.66. The molecule has 1 aromatic heterocycles. The topological polar surface area (TPSA) is 67.2 Å². The lowest BCUT2D eigenvalue weighted by Gasteiger charge is -2.14. The van der Waals surface area contributed by atoms with Crippen LogP contribution in [0.4, 0.5) is 5.69 Å². The molecule has 0 saturated heterocycles. The van der Waals surface area contributed by atoms with E-state index in [1.54, 1.807) is 7.05 Å². The predicted molar refractivity (Wildman–Crippen MR) is 98.1 cm³/mol. The van der Waals surface area contributed by atoms with Crippen molar-refractivity contribution in [3.8, 4) is 11.4 Å². The third-order valence-electron chi connectivity index (χ3n) is 4.13. The fourth-order valence-electron chi connectivity index (χ4n) is 2.63. The number of nitrogens with one attached hydrogen (secondary N) is 1. The molecular formula is C19H20N4O2. The standard InChI is InChI=1S/C19H20N4O2/c1-13(24)22(2)12-18(25)20-15-10-8-14(9-11-15)19-21-16-6-4-5-7-17(16)23(19)3/h4-11H,12H2,1-3H3,(H,20,25). The van der Waals surface area contributed by atoms with E-state index in [2.05, 4.69) is 10.3 Å². The second kappa shape index (κ2) is 6.76. The molecule has 0 spiro atoms. The van der Waals surface area contributed by atoms with E-state index >= 15 is 0 Å². The first-order valence-electron chi connectivity index (χ1n) is 7.99. The van der Waals surface area contributed by atoms with Crippen LogP contribution in [0.25, 0.3) is 22.4 Å². The Kier molecular flexibility index (Phi) is 4.52. The van der Waals surface area contributed by atoms with Crippen molar-refractivity contribution in [2.24, 2.45) is 7.05 Å². The van der Waals surface area contributed by atoms with Gasteiger partial charge in [0.1, 0.15) is 5.82 Å². The number of aryl methyl sites for hydroxylation is 1. The van der Waals surface area contributed by atoms with Crippen LogP contribution in [0.2, 0.25) is 0 Å². The van der Waals surface area contributed by atoms with Crippen molar-refractivity contribution >= 4 is 28.5 Å². The Morgan fingerprint density at radius 3 is 2.44 bits per heavy atom. The van der Waals surface area contributed by atoms with Gasteiger partial charge in [0, 0.05) is 32.3 Å². The van der Waals surface area contributed by atoms with Gasteiger partial charge < -0.3 is 14.8 Å². The molecule has 0 unspecified atom stereocenters. The monoisotopic (exact) mass is 336 g/mol. The zero-order valence-corrected chi connectivity index (χ0v) is 14.5. The minimum Gasteiger partial charge on any atom is -0.337 e. The molecule has 0 fully saturated rings. The van der Waals surface area contributed by atoms with Crippen LogP contribution < -0.4 is 5.32 Å². The number of aromatic nitrogens is 2. The van der Waals surface area contributed by atoms with E-state index in [-0.39, 0.29) is 18.4 Å². The number of fused-ring (bicyclic) bond motifs is 1. The largest absolute Gasteiger partial charge is 0.337 e. The summed E-state index contributed by atoms with van der Waals surface area (Å²) >= 11 is 0. The van der Waals surface area contributed by atoms with E-state index < -0.39 is 0 Å². The van der Waals surface area contributed by atoms with Gasteiger partial charge in [-0.2, -0.15) is 0 Å². The first-order chi connectivity index (χ1) is 12.0. The molecule has 25 heavy (non-hydrogen) atoms. The number of hydrogen-bond acceptors (Lipinski definition) is 3. The van der Waals surface area contributed by atoms with Crippen molar-refractivity contribution in [1.82, 2.24) is 14.5 Å². The minimum absolute atomic E-state index is 0.0296. The maximum absolute atomic E-state index is 11.9. The number of likely N-dealkylation sites (N-methyl/N-ethyl adjacent to an activating group) is 1. The highest BCUT2D eigenvalue weighted by molar-refractivity contribution is 5.94. The molecule has 0 aliphatic carbocycles. The van der Waals surface area contributed by atoms with Crippen molar-refractivity contribution in [3.05, 3.63) is 48.5 Å². The molecule has 6 heteroatoms. The Labute approximate surface area is 146 Å². The Balaban J connectivity index is 1.77. The molecule has 0 saturated carbocycles. The highest BCUT2D eigenvalue weighted by Gasteiger charge is 2.11. The Morgan fingerprint density at radius 2 is 1.80 bits per heavy atom. The summed E-state index contributed by atoms with van der Waals surface area (Å²) in [6, 6.07) is 15.5. The van der Waals surface area contributed by atoms with Gasteiger partial charge >= 0.3 is 0 Å². The second-order valence-electron chi connectivity index (χ2n) is 5.98. The van der Waals surface area contributed by atoms with Crippen LogP contribution in [-0.2, 0) is 16.6 Å². The number of imidazole rings is 1. The highest BCUT2D eigenvalue weighted by Crippen LogP contribution is 2.24. The van der Waals surface area contributed by atoms with E-state index in [9.17, 15) is 9.59 Å². The first-order valence-corrected chi connectivity index (χ1v) is 7.99. The van der Waals surface area contributed by atoms with E-state index in [0.29, 0.717) is 5.69 Å². The molecule has 128 valence electrons. The molecule has 2 aromatic carbocycles. The summed E-state index contributed by atoms with van der Waals surface area (Å²) in [6.07, 6.45) is 0. The summed E-state index contributed by atoms with van der Waals surface area (Å²) in [5.74, 6) is 0.496. The van der Waals surface area contributed by atoms with Crippen LogP contribution in [0.15, 0.2) is 48.5 Å². The molecular weight excluding hydrogens is 316 g/mol. The first kappa shape index (κ1) is 16.7. The number of anilines is 1. The molecule has 0 bridgehead atoms. The number of carbonyl (C=O) groups is 2. The number of nitrogens with zero attached hydrogens (tertiary/aromatic N) is 3.